The summed E-state index contributed by atoms with van der Waals surface area (Å²) in [4.78, 5) is 49.8. The van der Waals surface area contributed by atoms with Gasteiger partial charge in [-0.1, -0.05) is 48.5 Å². The van der Waals surface area contributed by atoms with Crippen molar-refractivity contribution < 1.29 is 19.1 Å². The number of nitrogens with zero attached hydrogens (tertiary/aromatic N) is 4. The number of urea groups is 1. The number of imide groups is 1. The van der Waals surface area contributed by atoms with E-state index < -0.39 is 11.1 Å². The van der Waals surface area contributed by atoms with E-state index in [0.29, 0.717) is 50.3 Å². The third-order valence-electron chi connectivity index (χ3n) is 5.95. The topological polar surface area (TPSA) is 117 Å². The van der Waals surface area contributed by atoms with Crippen LogP contribution in [-0.4, -0.2) is 58.2 Å². The molecule has 0 radical (unpaired) electrons. The Kier molecular flexibility index (Phi) is 7.84. The number of hydrogen-bond acceptors (Lipinski definition) is 8. The third-order valence-corrected chi connectivity index (χ3v) is 6.76. The quantitative estimate of drug-likeness (QED) is 0.457. The summed E-state index contributed by atoms with van der Waals surface area (Å²) < 4.78 is 5.98. The smallest absolute Gasteiger partial charge is 0.321 e. The van der Waals surface area contributed by atoms with Crippen molar-refractivity contribution >= 4 is 46.7 Å². The number of hydrogen-bond donors (Lipinski definition) is 2. The normalized spacial score (nSPS) is 16.8. The first kappa shape index (κ1) is 25.3. The molecule has 3 heterocycles. The number of aromatic nitrogens is 2. The number of thioether (sulfide) groups is 1. The highest BCUT2D eigenvalue weighted by atomic mass is 32.2. The Morgan fingerprint density at radius 3 is 2.50 bits per heavy atom. The predicted molar refractivity (Wildman–Crippen MR) is 146 cm³/mol. The molecule has 38 heavy (non-hydrogen) atoms. The van der Waals surface area contributed by atoms with E-state index in [1.54, 1.807) is 17.0 Å². The second-order valence-corrected chi connectivity index (χ2v) is 9.70. The maximum atomic E-state index is 12.8. The first-order chi connectivity index (χ1) is 18.5. The summed E-state index contributed by atoms with van der Waals surface area (Å²) in [6.07, 6.45) is 2.28. The first-order valence-electron chi connectivity index (χ1n) is 12.2. The fourth-order valence-corrected chi connectivity index (χ4v) is 4.72. The molecule has 0 unspecified atom stereocenters. The molecule has 11 heteroatoms. The van der Waals surface area contributed by atoms with Gasteiger partial charge in [0.15, 0.2) is 0 Å². The van der Waals surface area contributed by atoms with E-state index in [1.165, 1.54) is 0 Å². The largest absolute Gasteiger partial charge is 0.473 e. The van der Waals surface area contributed by atoms with Gasteiger partial charge in [0.2, 0.25) is 11.8 Å². The molecule has 10 nitrogen and oxygen atoms in total. The summed E-state index contributed by atoms with van der Waals surface area (Å²) in [5.74, 6) is 0.326. The van der Waals surface area contributed by atoms with Crippen LogP contribution in [0.1, 0.15) is 17.7 Å². The zero-order chi connectivity index (χ0) is 26.3. The molecule has 0 bridgehead atoms. The monoisotopic (exact) mass is 530 g/mol. The van der Waals surface area contributed by atoms with Crippen molar-refractivity contribution in [3.63, 3.8) is 0 Å². The van der Waals surface area contributed by atoms with Crippen LogP contribution >= 0.6 is 11.8 Å². The van der Waals surface area contributed by atoms with E-state index in [9.17, 15) is 14.4 Å². The number of para-hydroxylation sites is 1. The van der Waals surface area contributed by atoms with Crippen LogP contribution in [0.5, 0.6) is 5.88 Å². The zero-order valence-electron chi connectivity index (χ0n) is 20.5. The van der Waals surface area contributed by atoms with Gasteiger partial charge in [0.1, 0.15) is 6.61 Å². The van der Waals surface area contributed by atoms with Crippen LogP contribution in [0.25, 0.3) is 6.08 Å². The van der Waals surface area contributed by atoms with Crippen LogP contribution in [0.3, 0.4) is 0 Å². The summed E-state index contributed by atoms with van der Waals surface area (Å²) in [7, 11) is 0. The minimum atomic E-state index is -0.457. The number of anilines is 2. The number of rotatable bonds is 6. The minimum Gasteiger partial charge on any atom is -0.473 e. The first-order valence-corrected chi connectivity index (χ1v) is 13.0. The van der Waals surface area contributed by atoms with Crippen molar-refractivity contribution in [3.05, 3.63) is 82.9 Å². The molecule has 2 saturated heterocycles. The molecule has 2 N–H and O–H groups in total. The van der Waals surface area contributed by atoms with Crippen molar-refractivity contribution in [1.29, 1.82) is 0 Å². The third kappa shape index (κ3) is 6.48. The average Bonchev–Trinajstić information content (AvgIpc) is 3.10. The number of ether oxygens (including phenoxy) is 1. The number of benzene rings is 2. The highest BCUT2D eigenvalue weighted by Crippen LogP contribution is 2.27. The Morgan fingerprint density at radius 1 is 1.00 bits per heavy atom. The summed E-state index contributed by atoms with van der Waals surface area (Å²) in [5.41, 5.74) is 2.18. The van der Waals surface area contributed by atoms with Gasteiger partial charge >= 0.3 is 6.03 Å². The van der Waals surface area contributed by atoms with E-state index in [-0.39, 0.29) is 10.9 Å². The van der Waals surface area contributed by atoms with E-state index in [2.05, 4.69) is 20.6 Å². The van der Waals surface area contributed by atoms with Crippen LogP contribution < -0.4 is 20.3 Å². The summed E-state index contributed by atoms with van der Waals surface area (Å²) in [6.45, 7) is 2.55. The van der Waals surface area contributed by atoms with Crippen molar-refractivity contribution in [2.45, 2.75) is 13.0 Å². The van der Waals surface area contributed by atoms with Crippen molar-refractivity contribution in [2.75, 3.05) is 36.4 Å². The fraction of sp³-hybridized carbons (Fsp3) is 0.222. The molecule has 194 valence electrons. The molecular weight excluding hydrogens is 504 g/mol. The van der Waals surface area contributed by atoms with Gasteiger partial charge in [-0.2, -0.15) is 4.98 Å². The molecular formula is C27H26N6O4S. The van der Waals surface area contributed by atoms with Gasteiger partial charge in [0.25, 0.3) is 11.1 Å². The summed E-state index contributed by atoms with van der Waals surface area (Å²) in [5, 5.41) is 4.77. The number of carbonyl (C=O) groups is 3. The molecule has 2 aromatic carbocycles. The Bertz CT molecular complexity index is 1350. The highest BCUT2D eigenvalue weighted by Gasteiger charge is 2.26. The maximum absolute atomic E-state index is 12.8. The van der Waals surface area contributed by atoms with Crippen LogP contribution in [0.15, 0.2) is 71.6 Å². The molecule has 0 atom stereocenters. The van der Waals surface area contributed by atoms with Gasteiger partial charge in [-0.05, 0) is 42.0 Å². The predicted octanol–water partition coefficient (Wildman–Crippen LogP) is 4.12. The number of carbonyl (C=O) groups excluding carboxylic acids is 3. The van der Waals surface area contributed by atoms with E-state index in [0.717, 1.165) is 29.4 Å². The second-order valence-electron chi connectivity index (χ2n) is 8.68. The molecule has 0 aliphatic carbocycles. The fourth-order valence-electron chi connectivity index (χ4n) is 4.05. The number of nitrogens with one attached hydrogen (secondary N) is 2. The zero-order valence-corrected chi connectivity index (χ0v) is 21.3. The highest BCUT2D eigenvalue weighted by molar-refractivity contribution is 8.18. The lowest BCUT2D eigenvalue weighted by Crippen LogP contribution is -2.38. The van der Waals surface area contributed by atoms with Crippen LogP contribution in [-0.2, 0) is 11.4 Å². The molecule has 2 aliphatic rings. The Hall–Kier alpha value is -4.38. The Labute approximate surface area is 224 Å². The number of amides is 4. The molecule has 1 aromatic heterocycles. The lowest BCUT2D eigenvalue weighted by molar-refractivity contribution is -0.115. The van der Waals surface area contributed by atoms with Gasteiger partial charge in [0.05, 0.1) is 10.6 Å². The van der Waals surface area contributed by atoms with E-state index >= 15 is 0 Å². The summed E-state index contributed by atoms with van der Waals surface area (Å²) in [6, 6.07) is 20.6. The lowest BCUT2D eigenvalue weighted by Gasteiger charge is -2.23. The van der Waals surface area contributed by atoms with Crippen LogP contribution in [0.4, 0.5) is 21.2 Å². The maximum Gasteiger partial charge on any atom is 0.321 e. The Morgan fingerprint density at radius 2 is 1.76 bits per heavy atom. The molecule has 0 saturated carbocycles. The lowest BCUT2D eigenvalue weighted by atomic mass is 10.2. The molecule has 0 spiro atoms. The van der Waals surface area contributed by atoms with Gasteiger partial charge in [0, 0.05) is 37.9 Å². The molecule has 5 rings (SSSR count). The van der Waals surface area contributed by atoms with E-state index in [4.69, 9.17) is 4.74 Å². The van der Waals surface area contributed by atoms with Gasteiger partial charge in [-0.25, -0.2) is 9.78 Å². The molecule has 2 fully saturated rings. The molecule has 3 aromatic rings. The summed E-state index contributed by atoms with van der Waals surface area (Å²) >= 11 is 0.829. The van der Waals surface area contributed by atoms with Gasteiger partial charge in [-0.3, -0.25) is 14.9 Å². The second kappa shape index (κ2) is 11.8. The van der Waals surface area contributed by atoms with Gasteiger partial charge < -0.3 is 19.9 Å². The van der Waals surface area contributed by atoms with Crippen LogP contribution in [0.2, 0.25) is 0 Å². The standard InChI is InChI=1S/C27H26N6O4S/c34-24-22(38-27(36)31-24)16-21-17-23(37-18-19-8-3-1-4-9-19)30-25(28-21)32-12-7-13-33(15-14-32)26(35)29-20-10-5-2-6-11-20/h1-6,8-11,16-17H,7,12-15,18H2,(H,29,35)(H,31,34,36). The minimum absolute atomic E-state index is 0.154. The van der Waals surface area contributed by atoms with E-state index in [1.807, 2.05) is 65.6 Å². The van der Waals surface area contributed by atoms with Crippen molar-refractivity contribution in [3.8, 4) is 5.88 Å². The van der Waals surface area contributed by atoms with Crippen LogP contribution in [0, 0.1) is 0 Å². The molecule has 2 aliphatic heterocycles. The average molecular weight is 531 g/mol. The SMILES string of the molecule is O=C1NC(=O)C(=Cc2cc(OCc3ccccc3)nc(N3CCCN(C(=O)Nc4ccccc4)CC3)n2)S1. The Balaban J connectivity index is 1.34. The molecule has 4 amide bonds. The van der Waals surface area contributed by atoms with Gasteiger partial charge in [-0.15, -0.1) is 0 Å². The van der Waals surface area contributed by atoms with Crippen molar-refractivity contribution in [1.82, 2.24) is 20.2 Å². The van der Waals surface area contributed by atoms with Crippen molar-refractivity contribution in [2.24, 2.45) is 0 Å².